The lowest BCUT2D eigenvalue weighted by Gasteiger charge is -2.21. The number of rotatable bonds is 5. The number of carbonyl (C=O) groups is 1. The highest BCUT2D eigenvalue weighted by Gasteiger charge is 2.30. The summed E-state index contributed by atoms with van der Waals surface area (Å²) in [6.45, 7) is 1.87. The van der Waals surface area contributed by atoms with Gasteiger partial charge in [-0.3, -0.25) is 9.69 Å². The van der Waals surface area contributed by atoms with Gasteiger partial charge < -0.3 is 11.1 Å². The SMILES string of the molecule is NC1CC(c2cccc(F)c2)CN1CCNC(=O)c1cccc2cncnc12. The fraction of sp³-hybridized carbons (Fsp3) is 0.286. The minimum Gasteiger partial charge on any atom is -0.351 e. The van der Waals surface area contributed by atoms with E-state index in [1.54, 1.807) is 24.4 Å². The number of para-hydroxylation sites is 1. The van der Waals surface area contributed by atoms with Crippen LogP contribution in [0.15, 0.2) is 55.0 Å². The minimum absolute atomic E-state index is 0.101. The molecule has 3 aromatic rings. The maximum Gasteiger partial charge on any atom is 0.253 e. The monoisotopic (exact) mass is 379 g/mol. The molecule has 2 unspecified atom stereocenters. The molecule has 7 heteroatoms. The van der Waals surface area contributed by atoms with Crippen LogP contribution in [0.4, 0.5) is 4.39 Å². The number of halogens is 1. The Morgan fingerprint density at radius 1 is 1.29 bits per heavy atom. The average molecular weight is 379 g/mol. The highest BCUT2D eigenvalue weighted by atomic mass is 19.1. The second-order valence-corrected chi connectivity index (χ2v) is 7.07. The molecule has 6 nitrogen and oxygen atoms in total. The van der Waals surface area contributed by atoms with Crippen molar-refractivity contribution >= 4 is 16.8 Å². The fourth-order valence-electron chi connectivity index (χ4n) is 3.80. The summed E-state index contributed by atoms with van der Waals surface area (Å²) in [5.74, 6) is -0.189. The largest absolute Gasteiger partial charge is 0.351 e. The molecule has 0 saturated carbocycles. The number of carbonyl (C=O) groups excluding carboxylic acids is 1. The topological polar surface area (TPSA) is 84.1 Å². The van der Waals surface area contributed by atoms with Gasteiger partial charge >= 0.3 is 0 Å². The van der Waals surface area contributed by atoms with Crippen molar-refractivity contribution in [2.75, 3.05) is 19.6 Å². The number of benzene rings is 2. The number of hydrogen-bond donors (Lipinski definition) is 2. The van der Waals surface area contributed by atoms with Crippen LogP contribution in [0.2, 0.25) is 0 Å². The van der Waals surface area contributed by atoms with Crippen LogP contribution in [-0.2, 0) is 0 Å². The van der Waals surface area contributed by atoms with Gasteiger partial charge in [0.2, 0.25) is 0 Å². The normalized spacial score (nSPS) is 19.8. The summed E-state index contributed by atoms with van der Waals surface area (Å²) < 4.78 is 13.5. The van der Waals surface area contributed by atoms with E-state index in [2.05, 4.69) is 20.2 Å². The van der Waals surface area contributed by atoms with Gasteiger partial charge in [-0.05, 0) is 36.1 Å². The Kier molecular flexibility index (Phi) is 5.27. The van der Waals surface area contributed by atoms with Crippen LogP contribution in [0.5, 0.6) is 0 Å². The molecule has 1 aliphatic heterocycles. The minimum atomic E-state index is -0.226. The van der Waals surface area contributed by atoms with Crippen molar-refractivity contribution < 1.29 is 9.18 Å². The van der Waals surface area contributed by atoms with Crippen molar-refractivity contribution in [1.82, 2.24) is 20.2 Å². The molecule has 1 saturated heterocycles. The number of aromatic nitrogens is 2. The highest BCUT2D eigenvalue weighted by Crippen LogP contribution is 2.29. The molecule has 144 valence electrons. The summed E-state index contributed by atoms with van der Waals surface area (Å²) >= 11 is 0. The van der Waals surface area contributed by atoms with Crippen LogP contribution >= 0.6 is 0 Å². The third-order valence-corrected chi connectivity index (χ3v) is 5.23. The first-order valence-corrected chi connectivity index (χ1v) is 9.34. The molecule has 1 aliphatic rings. The molecule has 4 rings (SSSR count). The van der Waals surface area contributed by atoms with Gasteiger partial charge in [-0.1, -0.05) is 24.3 Å². The van der Waals surface area contributed by atoms with E-state index < -0.39 is 0 Å². The molecule has 2 atom stereocenters. The fourth-order valence-corrected chi connectivity index (χ4v) is 3.80. The van der Waals surface area contributed by atoms with E-state index in [0.29, 0.717) is 24.2 Å². The number of nitrogens with one attached hydrogen (secondary N) is 1. The summed E-state index contributed by atoms with van der Waals surface area (Å²) in [6.07, 6.45) is 3.80. The number of nitrogens with two attached hydrogens (primary N) is 1. The Balaban J connectivity index is 1.35. The standard InChI is InChI=1S/C21H22FN5O/c22-17-5-1-3-14(9-17)16-10-19(23)27(12-16)8-7-25-21(28)18-6-2-4-15-11-24-13-26-20(15)18/h1-6,9,11,13,16,19H,7-8,10,12,23H2,(H,25,28). The average Bonchev–Trinajstić information content (AvgIpc) is 3.08. The zero-order valence-corrected chi connectivity index (χ0v) is 15.4. The first-order valence-electron chi connectivity index (χ1n) is 9.34. The molecule has 3 N–H and O–H groups in total. The van der Waals surface area contributed by atoms with Gasteiger partial charge in [0, 0.05) is 31.2 Å². The van der Waals surface area contributed by atoms with Gasteiger partial charge in [-0.15, -0.1) is 0 Å². The molecule has 2 aromatic carbocycles. The second kappa shape index (κ2) is 8.00. The molecule has 0 radical (unpaired) electrons. The Morgan fingerprint density at radius 2 is 2.14 bits per heavy atom. The van der Waals surface area contributed by atoms with Crippen molar-refractivity contribution in [3.8, 4) is 0 Å². The predicted molar refractivity (Wildman–Crippen MR) is 105 cm³/mol. The van der Waals surface area contributed by atoms with E-state index in [9.17, 15) is 9.18 Å². The van der Waals surface area contributed by atoms with Gasteiger partial charge in [0.15, 0.2) is 0 Å². The molecule has 1 aromatic heterocycles. The van der Waals surface area contributed by atoms with Gasteiger partial charge in [-0.2, -0.15) is 0 Å². The number of hydrogen-bond acceptors (Lipinski definition) is 5. The molecular weight excluding hydrogens is 357 g/mol. The van der Waals surface area contributed by atoms with Gasteiger partial charge in [0.1, 0.15) is 12.1 Å². The summed E-state index contributed by atoms with van der Waals surface area (Å²) in [6, 6.07) is 12.1. The van der Waals surface area contributed by atoms with Crippen molar-refractivity contribution in [3.05, 3.63) is 71.9 Å². The van der Waals surface area contributed by atoms with Gasteiger partial charge in [0.25, 0.3) is 5.91 Å². The maximum absolute atomic E-state index is 13.5. The van der Waals surface area contributed by atoms with Crippen LogP contribution in [0.1, 0.15) is 28.3 Å². The first kappa shape index (κ1) is 18.5. The van der Waals surface area contributed by atoms with E-state index in [-0.39, 0.29) is 23.8 Å². The van der Waals surface area contributed by atoms with Crippen LogP contribution in [0.25, 0.3) is 10.9 Å². The Hall–Kier alpha value is -2.90. The lowest BCUT2D eigenvalue weighted by molar-refractivity contribution is 0.0948. The lowest BCUT2D eigenvalue weighted by Crippen LogP contribution is -2.41. The van der Waals surface area contributed by atoms with Crippen LogP contribution < -0.4 is 11.1 Å². The first-order chi connectivity index (χ1) is 13.6. The Morgan fingerprint density at radius 3 is 3.00 bits per heavy atom. The zero-order chi connectivity index (χ0) is 19.5. The van der Waals surface area contributed by atoms with Crippen LogP contribution in [0.3, 0.4) is 0 Å². The molecule has 0 bridgehead atoms. The lowest BCUT2D eigenvalue weighted by atomic mass is 9.98. The maximum atomic E-state index is 13.5. The molecule has 2 heterocycles. The smallest absolute Gasteiger partial charge is 0.253 e. The van der Waals surface area contributed by atoms with Crippen LogP contribution in [0, 0.1) is 5.82 Å². The molecular formula is C21H22FN5O. The molecule has 0 spiro atoms. The van der Waals surface area contributed by atoms with E-state index in [4.69, 9.17) is 5.73 Å². The molecule has 0 aliphatic carbocycles. The van der Waals surface area contributed by atoms with Gasteiger partial charge in [-0.25, -0.2) is 14.4 Å². The van der Waals surface area contributed by atoms with Crippen molar-refractivity contribution in [2.45, 2.75) is 18.5 Å². The second-order valence-electron chi connectivity index (χ2n) is 7.07. The van der Waals surface area contributed by atoms with E-state index in [1.165, 1.54) is 12.4 Å². The third kappa shape index (κ3) is 3.85. The van der Waals surface area contributed by atoms with Crippen molar-refractivity contribution in [1.29, 1.82) is 0 Å². The van der Waals surface area contributed by atoms with E-state index in [1.807, 2.05) is 18.2 Å². The zero-order valence-electron chi connectivity index (χ0n) is 15.4. The Bertz CT molecular complexity index is 990. The van der Waals surface area contributed by atoms with Crippen LogP contribution in [-0.4, -0.2) is 46.6 Å². The predicted octanol–water partition coefficient (Wildman–Crippen LogP) is 2.27. The van der Waals surface area contributed by atoms with Gasteiger partial charge in [0.05, 0.1) is 17.2 Å². The van der Waals surface area contributed by atoms with Crippen molar-refractivity contribution in [3.63, 3.8) is 0 Å². The number of fused-ring (bicyclic) bond motifs is 1. The highest BCUT2D eigenvalue weighted by molar-refractivity contribution is 6.05. The number of nitrogens with zero attached hydrogens (tertiary/aromatic N) is 3. The summed E-state index contributed by atoms with van der Waals surface area (Å²) in [5.41, 5.74) is 8.39. The summed E-state index contributed by atoms with van der Waals surface area (Å²) in [4.78, 5) is 22.9. The van der Waals surface area contributed by atoms with E-state index in [0.717, 1.165) is 23.9 Å². The quantitative estimate of drug-likeness (QED) is 0.711. The Labute approximate surface area is 162 Å². The number of amides is 1. The molecule has 1 amide bonds. The van der Waals surface area contributed by atoms with Crippen molar-refractivity contribution in [2.24, 2.45) is 5.73 Å². The summed E-state index contributed by atoms with van der Waals surface area (Å²) in [5, 5.41) is 3.77. The third-order valence-electron chi connectivity index (χ3n) is 5.23. The van der Waals surface area contributed by atoms with E-state index >= 15 is 0 Å². The molecule has 28 heavy (non-hydrogen) atoms. The molecule has 1 fully saturated rings. The summed E-state index contributed by atoms with van der Waals surface area (Å²) in [7, 11) is 0. The number of likely N-dealkylation sites (tertiary alicyclic amines) is 1.